The molecule has 59 valence electrons. The monoisotopic (exact) mass is 153 g/mol. The molecule has 0 bridgehead atoms. The minimum absolute atomic E-state index is 0.146. The van der Waals surface area contributed by atoms with Crippen molar-refractivity contribution in [3.63, 3.8) is 0 Å². The molecule has 1 aromatic carbocycles. The van der Waals surface area contributed by atoms with Gasteiger partial charge < -0.3 is 5.11 Å². The maximum atomic E-state index is 12.7. The van der Waals surface area contributed by atoms with Gasteiger partial charge in [-0.1, -0.05) is 6.07 Å². The summed E-state index contributed by atoms with van der Waals surface area (Å²) in [6.45, 7) is 3.32. The molecule has 1 nitrogen and oxygen atoms in total. The van der Waals surface area contributed by atoms with Crippen LogP contribution in [0.25, 0.3) is 0 Å². The smallest absolute Gasteiger partial charge is 0.123 e. The highest BCUT2D eigenvalue weighted by atomic mass is 19.1. The molecule has 2 heteroatoms. The van der Waals surface area contributed by atoms with Gasteiger partial charge in [0.05, 0.1) is 0 Å². The number of hydrogen-bond acceptors (Lipinski definition) is 1. The zero-order chi connectivity index (χ0) is 8.43. The quantitative estimate of drug-likeness (QED) is 0.656. The van der Waals surface area contributed by atoms with Gasteiger partial charge in [-0.3, -0.25) is 0 Å². The molecule has 11 heavy (non-hydrogen) atoms. The van der Waals surface area contributed by atoms with E-state index in [1.165, 1.54) is 19.1 Å². The van der Waals surface area contributed by atoms with Crippen LogP contribution in [0.2, 0.25) is 0 Å². The Morgan fingerprint density at radius 2 is 2.00 bits per heavy atom. The second-order valence-electron chi connectivity index (χ2n) is 2.60. The van der Waals surface area contributed by atoms with Crippen molar-refractivity contribution in [1.82, 2.24) is 0 Å². The zero-order valence-corrected chi connectivity index (χ0v) is 6.56. The third-order valence-corrected chi connectivity index (χ3v) is 1.46. The van der Waals surface area contributed by atoms with Crippen LogP contribution < -0.4 is 0 Å². The van der Waals surface area contributed by atoms with Gasteiger partial charge in [-0.2, -0.15) is 0 Å². The molecule has 0 saturated carbocycles. The van der Waals surface area contributed by atoms with E-state index >= 15 is 0 Å². The van der Waals surface area contributed by atoms with Crippen LogP contribution in [0.1, 0.15) is 18.1 Å². The molecule has 0 spiro atoms. The number of aliphatic hydroxyl groups is 1. The van der Waals surface area contributed by atoms with E-state index in [4.69, 9.17) is 5.11 Å². The lowest BCUT2D eigenvalue weighted by atomic mass is 10.1. The van der Waals surface area contributed by atoms with Gasteiger partial charge in [-0.05, 0) is 37.1 Å². The molecule has 1 aromatic rings. The zero-order valence-electron chi connectivity index (χ0n) is 6.56. The SMILES string of the molecule is C[C](O)c1cc(C)cc(F)c1. The predicted octanol–water partition coefficient (Wildman–Crippen LogP) is 2.41. The average Bonchev–Trinajstić information content (AvgIpc) is 1.85. The van der Waals surface area contributed by atoms with E-state index in [1.807, 2.05) is 0 Å². The normalized spacial score (nSPS) is 10.6. The van der Waals surface area contributed by atoms with E-state index < -0.39 is 0 Å². The summed E-state index contributed by atoms with van der Waals surface area (Å²) in [5, 5.41) is 9.02. The van der Waals surface area contributed by atoms with Crippen LogP contribution in [-0.2, 0) is 0 Å². The van der Waals surface area contributed by atoms with Crippen molar-refractivity contribution >= 4 is 0 Å². The van der Waals surface area contributed by atoms with Crippen molar-refractivity contribution in [2.45, 2.75) is 13.8 Å². The predicted molar refractivity (Wildman–Crippen MR) is 41.1 cm³/mol. The first kappa shape index (κ1) is 8.21. The van der Waals surface area contributed by atoms with Crippen molar-refractivity contribution in [1.29, 1.82) is 0 Å². The standard InChI is InChI=1S/C9H10FO/c1-6-3-8(7(2)11)5-9(10)4-6/h3-5,11H,1-2H3. The molecule has 1 radical (unpaired) electrons. The van der Waals surface area contributed by atoms with E-state index in [0.717, 1.165) is 5.56 Å². The highest BCUT2D eigenvalue weighted by Crippen LogP contribution is 2.14. The van der Waals surface area contributed by atoms with E-state index in [9.17, 15) is 4.39 Å². The molecule has 0 aliphatic heterocycles. The Bertz CT molecular complexity index is 235. The summed E-state index contributed by atoms with van der Waals surface area (Å²) in [7, 11) is 0. The first-order valence-corrected chi connectivity index (χ1v) is 3.39. The number of rotatable bonds is 1. The van der Waals surface area contributed by atoms with Crippen molar-refractivity contribution in [3.8, 4) is 0 Å². The maximum absolute atomic E-state index is 12.7. The van der Waals surface area contributed by atoms with Crippen LogP contribution >= 0.6 is 0 Å². The van der Waals surface area contributed by atoms with Gasteiger partial charge >= 0.3 is 0 Å². The fourth-order valence-corrected chi connectivity index (χ4v) is 0.945. The molecule has 0 aromatic heterocycles. The Balaban J connectivity index is 3.08. The summed E-state index contributed by atoms with van der Waals surface area (Å²) in [5.41, 5.74) is 1.36. The lowest BCUT2D eigenvalue weighted by Crippen LogP contribution is -1.93. The fraction of sp³-hybridized carbons (Fsp3) is 0.222. The summed E-state index contributed by atoms with van der Waals surface area (Å²) in [6, 6.07) is 4.47. The second-order valence-corrected chi connectivity index (χ2v) is 2.60. The molecule has 0 saturated heterocycles. The van der Waals surface area contributed by atoms with Gasteiger partial charge in [-0.25, -0.2) is 4.39 Å². The van der Waals surface area contributed by atoms with Gasteiger partial charge in [0.2, 0.25) is 0 Å². The van der Waals surface area contributed by atoms with E-state index in [-0.39, 0.29) is 11.9 Å². The summed E-state index contributed by atoms with van der Waals surface area (Å²) in [5.74, 6) is -0.312. The Morgan fingerprint density at radius 3 is 2.45 bits per heavy atom. The molecular formula is C9H10FO. The van der Waals surface area contributed by atoms with Crippen LogP contribution in [-0.4, -0.2) is 5.11 Å². The van der Waals surface area contributed by atoms with Gasteiger partial charge in [0.1, 0.15) is 11.9 Å². The largest absolute Gasteiger partial charge is 0.382 e. The van der Waals surface area contributed by atoms with Crippen LogP contribution in [0, 0.1) is 18.8 Å². The van der Waals surface area contributed by atoms with E-state index in [1.54, 1.807) is 13.0 Å². The molecule has 0 fully saturated rings. The molecule has 1 rings (SSSR count). The summed E-state index contributed by atoms with van der Waals surface area (Å²) < 4.78 is 12.7. The fourth-order valence-electron chi connectivity index (χ4n) is 0.945. The molecule has 0 amide bonds. The lowest BCUT2D eigenvalue weighted by Gasteiger charge is -2.03. The van der Waals surface area contributed by atoms with Crippen LogP contribution in [0.5, 0.6) is 0 Å². The van der Waals surface area contributed by atoms with Gasteiger partial charge in [-0.15, -0.1) is 0 Å². The Labute approximate surface area is 65.5 Å². The highest BCUT2D eigenvalue weighted by Gasteiger charge is 2.03. The molecular weight excluding hydrogens is 143 g/mol. The van der Waals surface area contributed by atoms with E-state index in [0.29, 0.717) is 5.56 Å². The molecule has 0 atom stereocenters. The number of aryl methyl sites for hydroxylation is 1. The Morgan fingerprint density at radius 1 is 1.36 bits per heavy atom. The van der Waals surface area contributed by atoms with Gasteiger partial charge in [0.15, 0.2) is 0 Å². The summed E-state index contributed by atoms with van der Waals surface area (Å²) >= 11 is 0. The van der Waals surface area contributed by atoms with Crippen molar-refractivity contribution in [2.24, 2.45) is 0 Å². The van der Waals surface area contributed by atoms with Crippen molar-refractivity contribution in [3.05, 3.63) is 41.2 Å². The molecule has 0 heterocycles. The maximum Gasteiger partial charge on any atom is 0.123 e. The number of aliphatic hydroxyl groups excluding tert-OH is 1. The number of halogens is 1. The average molecular weight is 153 g/mol. The molecule has 0 unspecified atom stereocenters. The minimum Gasteiger partial charge on any atom is -0.382 e. The first-order valence-electron chi connectivity index (χ1n) is 3.39. The van der Waals surface area contributed by atoms with E-state index in [2.05, 4.69) is 0 Å². The third kappa shape index (κ3) is 2.02. The molecule has 1 N–H and O–H groups in total. The Kier molecular flexibility index (Phi) is 2.25. The topological polar surface area (TPSA) is 20.2 Å². The first-order chi connectivity index (χ1) is 5.09. The number of benzene rings is 1. The Hall–Kier alpha value is -0.890. The second kappa shape index (κ2) is 3.01. The molecule has 0 aliphatic rings. The number of hydrogen-bond donors (Lipinski definition) is 1. The minimum atomic E-state index is -0.312. The van der Waals surface area contributed by atoms with Crippen LogP contribution in [0.3, 0.4) is 0 Å². The summed E-state index contributed by atoms with van der Waals surface area (Å²) in [6.07, 6.45) is 0.146. The van der Waals surface area contributed by atoms with Crippen LogP contribution in [0.15, 0.2) is 18.2 Å². The third-order valence-electron chi connectivity index (χ3n) is 1.46. The van der Waals surface area contributed by atoms with Crippen molar-refractivity contribution in [2.75, 3.05) is 0 Å². The van der Waals surface area contributed by atoms with Gasteiger partial charge in [0, 0.05) is 0 Å². The van der Waals surface area contributed by atoms with Gasteiger partial charge in [0.25, 0.3) is 0 Å². The molecule has 0 aliphatic carbocycles. The van der Waals surface area contributed by atoms with Crippen LogP contribution in [0.4, 0.5) is 4.39 Å². The lowest BCUT2D eigenvalue weighted by molar-refractivity contribution is 0.340. The summed E-state index contributed by atoms with van der Waals surface area (Å²) in [4.78, 5) is 0. The highest BCUT2D eigenvalue weighted by molar-refractivity contribution is 5.30. The van der Waals surface area contributed by atoms with Crippen molar-refractivity contribution < 1.29 is 9.50 Å².